The third kappa shape index (κ3) is 7.30. The summed E-state index contributed by atoms with van der Waals surface area (Å²) in [4.78, 5) is 18.0. The van der Waals surface area contributed by atoms with Crippen molar-refractivity contribution in [3.05, 3.63) is 59.2 Å². The molecular formula is C23H31IN4O3. The van der Waals surface area contributed by atoms with Crippen LogP contribution in [-0.4, -0.2) is 57.7 Å². The fraction of sp³-hybridized carbons (Fsp3) is 0.391. The first-order valence-corrected chi connectivity index (χ1v) is 10.2. The van der Waals surface area contributed by atoms with E-state index < -0.39 is 0 Å². The smallest absolute Gasteiger partial charge is 0.253 e. The number of aliphatic imine (C=N–C) groups is 1. The van der Waals surface area contributed by atoms with Crippen molar-refractivity contribution in [2.45, 2.75) is 19.4 Å². The van der Waals surface area contributed by atoms with E-state index in [1.165, 1.54) is 0 Å². The van der Waals surface area contributed by atoms with Gasteiger partial charge in [-0.2, -0.15) is 0 Å². The van der Waals surface area contributed by atoms with Gasteiger partial charge in [-0.3, -0.25) is 9.79 Å². The van der Waals surface area contributed by atoms with Crippen molar-refractivity contribution < 1.29 is 14.3 Å². The third-order valence-electron chi connectivity index (χ3n) is 4.78. The molecule has 2 aromatic carbocycles. The van der Waals surface area contributed by atoms with Crippen molar-refractivity contribution >= 4 is 35.8 Å². The lowest BCUT2D eigenvalue weighted by molar-refractivity contribution is 0.0827. The Kier molecular flexibility index (Phi) is 9.90. The van der Waals surface area contributed by atoms with Crippen LogP contribution in [0.15, 0.2) is 47.5 Å². The molecule has 0 bridgehead atoms. The minimum Gasteiger partial charge on any atom is -0.490 e. The van der Waals surface area contributed by atoms with Crippen LogP contribution < -0.4 is 20.1 Å². The number of benzene rings is 2. The van der Waals surface area contributed by atoms with Gasteiger partial charge in [0.25, 0.3) is 5.91 Å². The molecule has 7 nitrogen and oxygen atoms in total. The van der Waals surface area contributed by atoms with Gasteiger partial charge in [0.2, 0.25) is 0 Å². The van der Waals surface area contributed by atoms with Crippen LogP contribution >= 0.6 is 24.0 Å². The second-order valence-electron chi connectivity index (χ2n) is 7.33. The van der Waals surface area contributed by atoms with Gasteiger partial charge in [0.15, 0.2) is 17.5 Å². The predicted molar refractivity (Wildman–Crippen MR) is 134 cm³/mol. The highest BCUT2D eigenvalue weighted by molar-refractivity contribution is 14.0. The van der Waals surface area contributed by atoms with Gasteiger partial charge in [0.1, 0.15) is 0 Å². The molecule has 0 saturated carbocycles. The second kappa shape index (κ2) is 12.4. The van der Waals surface area contributed by atoms with Gasteiger partial charge in [-0.25, -0.2) is 0 Å². The maximum Gasteiger partial charge on any atom is 0.253 e. The molecule has 2 N–H and O–H groups in total. The molecule has 168 valence electrons. The van der Waals surface area contributed by atoms with E-state index in [9.17, 15) is 4.79 Å². The molecule has 0 aliphatic carbocycles. The molecule has 8 heteroatoms. The van der Waals surface area contributed by atoms with Gasteiger partial charge < -0.3 is 25.0 Å². The SMILES string of the molecule is CN=C(NCCc1cccc(C(=O)N(C)C)c1)NCc1ccc2c(c1)OCCCO2.I. The minimum atomic E-state index is 0. The van der Waals surface area contributed by atoms with Gasteiger partial charge >= 0.3 is 0 Å². The third-order valence-corrected chi connectivity index (χ3v) is 4.78. The van der Waals surface area contributed by atoms with E-state index in [4.69, 9.17) is 9.47 Å². The molecule has 1 aliphatic heterocycles. The largest absolute Gasteiger partial charge is 0.490 e. The molecule has 3 rings (SSSR count). The van der Waals surface area contributed by atoms with E-state index in [1.807, 2.05) is 42.5 Å². The highest BCUT2D eigenvalue weighted by atomic mass is 127. The number of ether oxygens (including phenoxy) is 2. The number of amides is 1. The summed E-state index contributed by atoms with van der Waals surface area (Å²) in [6.07, 6.45) is 1.68. The fourth-order valence-corrected chi connectivity index (χ4v) is 3.17. The molecular weight excluding hydrogens is 507 g/mol. The molecule has 0 spiro atoms. The number of carbonyl (C=O) groups excluding carboxylic acids is 1. The number of nitrogens with one attached hydrogen (secondary N) is 2. The molecule has 0 unspecified atom stereocenters. The first-order valence-electron chi connectivity index (χ1n) is 10.2. The highest BCUT2D eigenvalue weighted by Gasteiger charge is 2.11. The minimum absolute atomic E-state index is 0. The molecule has 1 amide bonds. The highest BCUT2D eigenvalue weighted by Crippen LogP contribution is 2.30. The lowest BCUT2D eigenvalue weighted by atomic mass is 10.1. The normalized spacial score (nSPS) is 12.9. The zero-order chi connectivity index (χ0) is 21.3. The van der Waals surface area contributed by atoms with Crippen molar-refractivity contribution in [3.63, 3.8) is 0 Å². The van der Waals surface area contributed by atoms with E-state index in [0.29, 0.717) is 31.9 Å². The van der Waals surface area contributed by atoms with Crippen LogP contribution in [0.4, 0.5) is 0 Å². The Morgan fingerprint density at radius 1 is 1.03 bits per heavy atom. The molecule has 0 saturated heterocycles. The number of halogens is 1. The van der Waals surface area contributed by atoms with Crippen molar-refractivity contribution in [3.8, 4) is 11.5 Å². The van der Waals surface area contributed by atoms with Crippen LogP contribution in [0.3, 0.4) is 0 Å². The van der Waals surface area contributed by atoms with Crippen LogP contribution in [0, 0.1) is 0 Å². The molecule has 31 heavy (non-hydrogen) atoms. The molecule has 1 heterocycles. The Morgan fingerprint density at radius 3 is 2.55 bits per heavy atom. The summed E-state index contributed by atoms with van der Waals surface area (Å²) < 4.78 is 11.4. The molecule has 0 aromatic heterocycles. The zero-order valence-electron chi connectivity index (χ0n) is 18.3. The molecule has 0 atom stereocenters. The monoisotopic (exact) mass is 538 g/mol. The van der Waals surface area contributed by atoms with Crippen molar-refractivity contribution in [2.75, 3.05) is 40.9 Å². The van der Waals surface area contributed by atoms with E-state index in [1.54, 1.807) is 26.0 Å². The van der Waals surface area contributed by atoms with Crippen LogP contribution in [0.1, 0.15) is 27.9 Å². The van der Waals surface area contributed by atoms with Crippen LogP contribution in [0.2, 0.25) is 0 Å². The quantitative estimate of drug-likeness (QED) is 0.336. The summed E-state index contributed by atoms with van der Waals surface area (Å²) in [5.74, 6) is 2.33. The number of rotatable bonds is 6. The summed E-state index contributed by atoms with van der Waals surface area (Å²) in [7, 11) is 5.27. The van der Waals surface area contributed by atoms with Gasteiger partial charge in [0.05, 0.1) is 13.2 Å². The summed E-state index contributed by atoms with van der Waals surface area (Å²) in [5.41, 5.74) is 2.90. The first kappa shape index (κ1) is 24.8. The van der Waals surface area contributed by atoms with E-state index in [0.717, 1.165) is 41.4 Å². The fourth-order valence-electron chi connectivity index (χ4n) is 3.17. The molecule has 2 aromatic rings. The number of fused-ring (bicyclic) bond motifs is 1. The number of guanidine groups is 1. The summed E-state index contributed by atoms with van der Waals surface area (Å²) in [6.45, 7) is 2.70. The molecule has 1 aliphatic rings. The Hall–Kier alpha value is -2.49. The van der Waals surface area contributed by atoms with E-state index in [2.05, 4.69) is 15.6 Å². The summed E-state index contributed by atoms with van der Waals surface area (Å²) >= 11 is 0. The van der Waals surface area contributed by atoms with Crippen LogP contribution in [0.25, 0.3) is 0 Å². The van der Waals surface area contributed by atoms with E-state index >= 15 is 0 Å². The van der Waals surface area contributed by atoms with E-state index in [-0.39, 0.29) is 29.9 Å². The van der Waals surface area contributed by atoms with Crippen LogP contribution in [-0.2, 0) is 13.0 Å². The Bertz CT molecular complexity index is 902. The molecule has 0 fully saturated rings. The zero-order valence-corrected chi connectivity index (χ0v) is 20.6. The number of hydrogen-bond donors (Lipinski definition) is 2. The van der Waals surface area contributed by atoms with Crippen LogP contribution in [0.5, 0.6) is 11.5 Å². The van der Waals surface area contributed by atoms with Crippen molar-refractivity contribution in [2.24, 2.45) is 4.99 Å². The maximum absolute atomic E-state index is 12.1. The number of nitrogens with zero attached hydrogens (tertiary/aromatic N) is 2. The summed E-state index contributed by atoms with van der Waals surface area (Å²) in [6, 6.07) is 13.7. The van der Waals surface area contributed by atoms with Gasteiger partial charge in [0, 0.05) is 46.2 Å². The second-order valence-corrected chi connectivity index (χ2v) is 7.33. The number of carbonyl (C=O) groups is 1. The standard InChI is InChI=1S/C23H30N4O3.HI/c1-24-23(25-11-10-17-6-4-7-19(14-17)22(28)27(2)3)26-16-18-8-9-20-21(15-18)30-13-5-12-29-20;/h4,6-9,14-15H,5,10-13,16H2,1-3H3,(H2,24,25,26);1H. The Balaban J connectivity index is 0.00000341. The van der Waals surface area contributed by atoms with Crippen molar-refractivity contribution in [1.82, 2.24) is 15.5 Å². The van der Waals surface area contributed by atoms with Gasteiger partial charge in [-0.05, 0) is 41.8 Å². The number of hydrogen-bond acceptors (Lipinski definition) is 4. The maximum atomic E-state index is 12.1. The van der Waals surface area contributed by atoms with Gasteiger partial charge in [-0.1, -0.05) is 18.2 Å². The topological polar surface area (TPSA) is 75.2 Å². The van der Waals surface area contributed by atoms with Gasteiger partial charge in [-0.15, -0.1) is 24.0 Å². The molecule has 0 radical (unpaired) electrons. The average Bonchev–Trinajstić information content (AvgIpc) is 3.00. The Labute approximate surface area is 201 Å². The van der Waals surface area contributed by atoms with Crippen molar-refractivity contribution in [1.29, 1.82) is 0 Å². The summed E-state index contributed by atoms with van der Waals surface area (Å²) in [5, 5.41) is 6.64. The lowest BCUT2D eigenvalue weighted by Gasteiger charge is -2.14. The average molecular weight is 538 g/mol. The predicted octanol–water partition coefficient (Wildman–Crippen LogP) is 3.08. The lowest BCUT2D eigenvalue weighted by Crippen LogP contribution is -2.37. The Morgan fingerprint density at radius 2 is 1.81 bits per heavy atom. The first-order chi connectivity index (χ1) is 14.6.